The molecule has 0 aromatic heterocycles. The van der Waals surface area contributed by atoms with Gasteiger partial charge in [-0.15, -0.1) is 0 Å². The lowest BCUT2D eigenvalue weighted by molar-refractivity contribution is -0.116. The number of hydrogen-bond donors (Lipinski definition) is 2. The Morgan fingerprint density at radius 3 is 2.62 bits per heavy atom. The number of rotatable bonds is 2. The number of para-hydroxylation sites is 1. The molecule has 2 aromatic rings. The summed E-state index contributed by atoms with van der Waals surface area (Å²) in [6.07, 6.45) is 0.230. The molecule has 1 saturated heterocycles. The number of nitrogens with one attached hydrogen (secondary N) is 2. The number of fused-ring (bicyclic) bond motifs is 1. The molecule has 1 fully saturated rings. The average molecular weight is 337 g/mol. The molecule has 0 saturated carbocycles. The lowest BCUT2D eigenvalue weighted by Gasteiger charge is -2.16. The molecule has 2 aliphatic heterocycles. The molecule has 2 aromatic carbocycles. The average Bonchev–Trinajstić information content (AvgIpc) is 3.15. The Morgan fingerprint density at radius 2 is 1.92 bits per heavy atom. The molecule has 0 unspecified atom stereocenters. The number of methoxy groups -OCH3 is 1. The minimum absolute atomic E-state index is 0.0916. The summed E-state index contributed by atoms with van der Waals surface area (Å²) in [5.74, 6) is 0.859. The van der Waals surface area contributed by atoms with E-state index in [0.29, 0.717) is 5.69 Å². The van der Waals surface area contributed by atoms with E-state index in [-0.39, 0.29) is 18.2 Å². The third-order valence-electron chi connectivity index (χ3n) is 4.04. The van der Waals surface area contributed by atoms with E-state index in [1.54, 1.807) is 43.1 Å². The van der Waals surface area contributed by atoms with Crippen LogP contribution < -0.4 is 15.0 Å². The van der Waals surface area contributed by atoms with Crippen LogP contribution in [-0.4, -0.2) is 18.9 Å². The van der Waals surface area contributed by atoms with Crippen molar-refractivity contribution in [2.45, 2.75) is 11.3 Å². The first-order chi connectivity index (χ1) is 11.7. The van der Waals surface area contributed by atoms with Gasteiger partial charge in [-0.05, 0) is 36.4 Å². The van der Waals surface area contributed by atoms with Crippen molar-refractivity contribution in [2.75, 3.05) is 17.3 Å². The summed E-state index contributed by atoms with van der Waals surface area (Å²) in [5.41, 5.74) is 2.44. The molecular formula is C18H15N3O2S. The van der Waals surface area contributed by atoms with Gasteiger partial charge in [-0.3, -0.25) is 15.1 Å². The minimum atomic E-state index is -0.0916. The number of amides is 1. The second-order valence-corrected chi connectivity index (χ2v) is 6.54. The largest absolute Gasteiger partial charge is 0.497 e. The Balaban J connectivity index is 1.66. The van der Waals surface area contributed by atoms with E-state index < -0.39 is 0 Å². The van der Waals surface area contributed by atoms with Gasteiger partial charge >= 0.3 is 0 Å². The Kier molecular flexibility index (Phi) is 3.54. The summed E-state index contributed by atoms with van der Waals surface area (Å²) in [6, 6.07) is 15.1. The maximum absolute atomic E-state index is 12.5. The zero-order chi connectivity index (χ0) is 16.7. The number of carbonyl (C=O) groups is 1. The topological polar surface area (TPSA) is 65.4 Å². The fourth-order valence-electron chi connectivity index (χ4n) is 2.82. The van der Waals surface area contributed by atoms with Crippen molar-refractivity contribution in [1.29, 1.82) is 5.41 Å². The third-order valence-corrected chi connectivity index (χ3v) is 5.17. The first kappa shape index (κ1) is 14.8. The number of amidine groups is 1. The van der Waals surface area contributed by atoms with Gasteiger partial charge in [0.25, 0.3) is 0 Å². The van der Waals surface area contributed by atoms with Crippen LogP contribution in [0.2, 0.25) is 0 Å². The zero-order valence-electron chi connectivity index (χ0n) is 13.0. The fourth-order valence-corrected chi connectivity index (χ4v) is 3.87. The van der Waals surface area contributed by atoms with Gasteiger partial charge in [0.05, 0.1) is 29.9 Å². The van der Waals surface area contributed by atoms with Crippen LogP contribution in [0.5, 0.6) is 5.75 Å². The van der Waals surface area contributed by atoms with Crippen LogP contribution in [0.1, 0.15) is 6.42 Å². The first-order valence-electron chi connectivity index (χ1n) is 7.50. The molecule has 2 heterocycles. The molecule has 4 rings (SSSR count). The summed E-state index contributed by atoms with van der Waals surface area (Å²) in [5, 5.41) is 12.7. The first-order valence-corrected chi connectivity index (χ1v) is 8.32. The molecule has 5 nitrogen and oxygen atoms in total. The highest BCUT2D eigenvalue weighted by molar-refractivity contribution is 8.03. The van der Waals surface area contributed by atoms with Crippen molar-refractivity contribution in [3.8, 4) is 5.75 Å². The Labute approximate surface area is 143 Å². The highest BCUT2D eigenvalue weighted by Gasteiger charge is 2.35. The monoisotopic (exact) mass is 337 g/mol. The summed E-state index contributed by atoms with van der Waals surface area (Å²) in [6.45, 7) is 0. The number of anilines is 2. The van der Waals surface area contributed by atoms with Crippen molar-refractivity contribution in [3.05, 3.63) is 59.1 Å². The molecule has 24 heavy (non-hydrogen) atoms. The van der Waals surface area contributed by atoms with Gasteiger partial charge in [0.15, 0.2) is 0 Å². The SMILES string of the molecule is COc1ccc(N2C(=N)C(=C3Nc4ccccc4S3)CC2=O)cc1. The number of nitrogens with zero attached hydrogens (tertiary/aromatic N) is 1. The van der Waals surface area contributed by atoms with E-state index in [9.17, 15) is 4.79 Å². The Bertz CT molecular complexity index is 847. The lowest BCUT2D eigenvalue weighted by atomic mass is 10.2. The van der Waals surface area contributed by atoms with Crippen LogP contribution >= 0.6 is 11.8 Å². The normalized spacial score (nSPS) is 19.5. The lowest BCUT2D eigenvalue weighted by Crippen LogP contribution is -2.28. The number of benzene rings is 2. The highest BCUT2D eigenvalue weighted by Crippen LogP contribution is 2.44. The van der Waals surface area contributed by atoms with E-state index in [1.165, 1.54) is 4.90 Å². The fraction of sp³-hybridized carbons (Fsp3) is 0.111. The van der Waals surface area contributed by atoms with Gasteiger partial charge in [-0.25, -0.2) is 0 Å². The van der Waals surface area contributed by atoms with Gasteiger partial charge in [-0.2, -0.15) is 0 Å². The molecule has 0 spiro atoms. The van der Waals surface area contributed by atoms with Crippen LogP contribution in [0, 0.1) is 5.41 Å². The molecule has 6 heteroatoms. The van der Waals surface area contributed by atoms with Gasteiger partial charge in [0, 0.05) is 10.5 Å². The zero-order valence-corrected chi connectivity index (χ0v) is 13.8. The van der Waals surface area contributed by atoms with Crippen LogP contribution in [0.25, 0.3) is 0 Å². The molecule has 1 amide bonds. The number of thioether (sulfide) groups is 1. The van der Waals surface area contributed by atoms with E-state index in [0.717, 1.165) is 26.9 Å². The maximum atomic E-state index is 12.5. The van der Waals surface area contributed by atoms with Crippen LogP contribution in [0.3, 0.4) is 0 Å². The summed E-state index contributed by atoms with van der Waals surface area (Å²) >= 11 is 1.57. The number of carbonyl (C=O) groups excluding carboxylic acids is 1. The van der Waals surface area contributed by atoms with Gasteiger partial charge in [0.2, 0.25) is 5.91 Å². The predicted octanol–water partition coefficient (Wildman–Crippen LogP) is 3.84. The Hall–Kier alpha value is -2.73. The molecule has 2 aliphatic rings. The van der Waals surface area contributed by atoms with Crippen LogP contribution in [0.4, 0.5) is 11.4 Å². The summed E-state index contributed by atoms with van der Waals surface area (Å²) in [4.78, 5) is 15.0. The summed E-state index contributed by atoms with van der Waals surface area (Å²) in [7, 11) is 1.60. The van der Waals surface area contributed by atoms with E-state index in [1.807, 2.05) is 24.3 Å². The highest BCUT2D eigenvalue weighted by atomic mass is 32.2. The van der Waals surface area contributed by atoms with Gasteiger partial charge in [0.1, 0.15) is 11.6 Å². The van der Waals surface area contributed by atoms with Crippen LogP contribution in [-0.2, 0) is 4.79 Å². The quantitative estimate of drug-likeness (QED) is 0.874. The maximum Gasteiger partial charge on any atom is 0.237 e. The number of ether oxygens (including phenoxy) is 1. The van der Waals surface area contributed by atoms with Crippen molar-refractivity contribution in [1.82, 2.24) is 0 Å². The summed E-state index contributed by atoms with van der Waals surface area (Å²) < 4.78 is 5.14. The molecule has 0 atom stereocenters. The van der Waals surface area contributed by atoms with Gasteiger partial charge < -0.3 is 10.1 Å². The van der Waals surface area contributed by atoms with E-state index >= 15 is 0 Å². The van der Waals surface area contributed by atoms with Crippen molar-refractivity contribution < 1.29 is 9.53 Å². The van der Waals surface area contributed by atoms with Crippen molar-refractivity contribution in [2.24, 2.45) is 0 Å². The van der Waals surface area contributed by atoms with Crippen molar-refractivity contribution >= 4 is 34.9 Å². The third kappa shape index (κ3) is 2.35. The molecule has 2 N–H and O–H groups in total. The Morgan fingerprint density at radius 1 is 1.17 bits per heavy atom. The van der Waals surface area contributed by atoms with E-state index in [2.05, 4.69) is 5.32 Å². The second-order valence-electron chi connectivity index (χ2n) is 5.48. The molecule has 0 aliphatic carbocycles. The molecular weight excluding hydrogens is 322 g/mol. The van der Waals surface area contributed by atoms with Crippen LogP contribution in [0.15, 0.2) is 64.0 Å². The minimum Gasteiger partial charge on any atom is -0.497 e. The van der Waals surface area contributed by atoms with Gasteiger partial charge in [-0.1, -0.05) is 23.9 Å². The standard InChI is InChI=1S/C18H15N3O2S/c1-23-12-8-6-11(7-9-12)21-16(22)10-13(17(21)19)18-20-14-4-2-3-5-15(14)24-18/h2-9,19-20H,10H2,1H3. The number of hydrogen-bond acceptors (Lipinski definition) is 5. The predicted molar refractivity (Wildman–Crippen MR) is 95.8 cm³/mol. The molecule has 120 valence electrons. The smallest absolute Gasteiger partial charge is 0.237 e. The van der Waals surface area contributed by atoms with E-state index in [4.69, 9.17) is 10.1 Å². The van der Waals surface area contributed by atoms with Crippen molar-refractivity contribution in [3.63, 3.8) is 0 Å². The molecule has 0 bridgehead atoms. The molecule has 0 radical (unpaired) electrons. The second kappa shape index (κ2) is 5.72.